The summed E-state index contributed by atoms with van der Waals surface area (Å²) in [4.78, 5) is 12.2. The van der Waals surface area contributed by atoms with E-state index in [0.717, 1.165) is 5.56 Å². The van der Waals surface area contributed by atoms with Crippen molar-refractivity contribution in [2.45, 2.75) is 19.3 Å². The molecule has 0 radical (unpaired) electrons. The lowest BCUT2D eigenvalue weighted by Crippen LogP contribution is -2.13. The van der Waals surface area contributed by atoms with Crippen molar-refractivity contribution in [2.75, 3.05) is 0 Å². The van der Waals surface area contributed by atoms with Gasteiger partial charge in [-0.05, 0) is 11.6 Å². The number of hydrogen-bond acceptors (Lipinski definition) is 2. The molecule has 0 saturated heterocycles. The molecule has 0 amide bonds. The zero-order chi connectivity index (χ0) is 13.0. The monoisotopic (exact) mass is 240 g/mol. The summed E-state index contributed by atoms with van der Waals surface area (Å²) in [6, 6.07) is 16.6. The first-order valence-corrected chi connectivity index (χ1v) is 6.09. The molecule has 0 aromatic heterocycles. The predicted octanol–water partition coefficient (Wildman–Crippen LogP) is 3.50. The van der Waals surface area contributed by atoms with Gasteiger partial charge in [0.2, 0.25) is 0 Å². The van der Waals surface area contributed by atoms with Crippen LogP contribution in [0.5, 0.6) is 5.75 Å². The molecule has 92 valence electrons. The SMILES string of the molecule is CCC(=O)C(c1ccccc1)c1ccccc1O. The van der Waals surface area contributed by atoms with Gasteiger partial charge in [0, 0.05) is 12.0 Å². The first-order valence-electron chi connectivity index (χ1n) is 6.09. The molecule has 2 aromatic rings. The second kappa shape index (κ2) is 5.50. The van der Waals surface area contributed by atoms with Crippen LogP contribution in [0.3, 0.4) is 0 Å². The number of phenolic OH excluding ortho intramolecular Hbond substituents is 1. The Morgan fingerprint density at radius 2 is 1.67 bits per heavy atom. The molecule has 0 bridgehead atoms. The van der Waals surface area contributed by atoms with Crippen molar-refractivity contribution in [3.63, 3.8) is 0 Å². The molecule has 18 heavy (non-hydrogen) atoms. The highest BCUT2D eigenvalue weighted by Gasteiger charge is 2.23. The molecule has 2 heteroatoms. The van der Waals surface area contributed by atoms with Crippen LogP contribution in [0.25, 0.3) is 0 Å². The maximum atomic E-state index is 12.2. The van der Waals surface area contributed by atoms with Crippen LogP contribution >= 0.6 is 0 Å². The van der Waals surface area contributed by atoms with Gasteiger partial charge >= 0.3 is 0 Å². The van der Waals surface area contributed by atoms with Crippen LogP contribution in [0, 0.1) is 0 Å². The van der Waals surface area contributed by atoms with Crippen LogP contribution in [-0.2, 0) is 4.79 Å². The first kappa shape index (κ1) is 12.4. The molecular formula is C16H16O2. The minimum absolute atomic E-state index is 0.114. The third kappa shape index (κ3) is 2.43. The Morgan fingerprint density at radius 1 is 1.06 bits per heavy atom. The Labute approximate surface area is 107 Å². The topological polar surface area (TPSA) is 37.3 Å². The molecule has 0 fully saturated rings. The van der Waals surface area contributed by atoms with E-state index in [1.165, 1.54) is 0 Å². The van der Waals surface area contributed by atoms with E-state index in [0.29, 0.717) is 12.0 Å². The Balaban J connectivity index is 2.51. The Hall–Kier alpha value is -2.09. The molecule has 1 atom stereocenters. The van der Waals surface area contributed by atoms with E-state index in [4.69, 9.17) is 0 Å². The number of hydrogen-bond donors (Lipinski definition) is 1. The number of phenols is 1. The van der Waals surface area contributed by atoms with Gasteiger partial charge in [-0.15, -0.1) is 0 Å². The Bertz CT molecular complexity index is 532. The lowest BCUT2D eigenvalue weighted by Gasteiger charge is -2.17. The zero-order valence-electron chi connectivity index (χ0n) is 10.3. The minimum Gasteiger partial charge on any atom is -0.508 e. The van der Waals surface area contributed by atoms with Crippen molar-refractivity contribution in [3.8, 4) is 5.75 Å². The first-order chi connectivity index (χ1) is 8.74. The van der Waals surface area contributed by atoms with E-state index in [1.807, 2.05) is 43.3 Å². The maximum absolute atomic E-state index is 12.2. The van der Waals surface area contributed by atoms with Crippen LogP contribution in [-0.4, -0.2) is 10.9 Å². The summed E-state index contributed by atoms with van der Waals surface area (Å²) in [5, 5.41) is 9.93. The van der Waals surface area contributed by atoms with Crippen LogP contribution in [0.4, 0.5) is 0 Å². The van der Waals surface area contributed by atoms with Crippen LogP contribution in [0.2, 0.25) is 0 Å². The lowest BCUT2D eigenvalue weighted by molar-refractivity contribution is -0.119. The summed E-state index contributed by atoms with van der Waals surface area (Å²) in [7, 11) is 0. The summed E-state index contributed by atoms with van der Waals surface area (Å²) in [6.45, 7) is 1.85. The van der Waals surface area contributed by atoms with E-state index in [9.17, 15) is 9.90 Å². The van der Waals surface area contributed by atoms with Gasteiger partial charge in [0.25, 0.3) is 0 Å². The fourth-order valence-corrected chi connectivity index (χ4v) is 2.12. The Morgan fingerprint density at radius 3 is 2.28 bits per heavy atom. The predicted molar refractivity (Wildman–Crippen MR) is 71.7 cm³/mol. The second-order valence-electron chi connectivity index (χ2n) is 4.22. The van der Waals surface area contributed by atoms with Gasteiger partial charge < -0.3 is 5.11 Å². The van der Waals surface area contributed by atoms with Crippen molar-refractivity contribution in [3.05, 3.63) is 65.7 Å². The van der Waals surface area contributed by atoms with Crippen LogP contribution < -0.4 is 0 Å². The number of carbonyl (C=O) groups is 1. The quantitative estimate of drug-likeness (QED) is 0.888. The molecule has 1 N–H and O–H groups in total. The molecule has 2 aromatic carbocycles. The smallest absolute Gasteiger partial charge is 0.144 e. The van der Waals surface area contributed by atoms with Crippen LogP contribution in [0.1, 0.15) is 30.4 Å². The molecule has 2 rings (SSSR count). The highest BCUT2D eigenvalue weighted by atomic mass is 16.3. The zero-order valence-corrected chi connectivity index (χ0v) is 10.3. The van der Waals surface area contributed by atoms with E-state index < -0.39 is 0 Å². The van der Waals surface area contributed by atoms with Gasteiger partial charge in [-0.3, -0.25) is 4.79 Å². The molecule has 0 aliphatic carbocycles. The molecule has 0 aliphatic rings. The number of aromatic hydroxyl groups is 1. The van der Waals surface area contributed by atoms with Crippen molar-refractivity contribution in [1.82, 2.24) is 0 Å². The number of carbonyl (C=O) groups excluding carboxylic acids is 1. The molecule has 2 nitrogen and oxygen atoms in total. The van der Waals surface area contributed by atoms with Crippen molar-refractivity contribution < 1.29 is 9.90 Å². The third-order valence-corrected chi connectivity index (χ3v) is 3.05. The molecular weight excluding hydrogens is 224 g/mol. The number of para-hydroxylation sites is 1. The molecule has 0 spiro atoms. The summed E-state index contributed by atoms with van der Waals surface area (Å²) < 4.78 is 0. The number of Topliss-reactive ketones (excluding diaryl/α,β-unsaturated/α-hetero) is 1. The normalized spacial score (nSPS) is 12.1. The van der Waals surface area contributed by atoms with Crippen LogP contribution in [0.15, 0.2) is 54.6 Å². The highest BCUT2D eigenvalue weighted by molar-refractivity contribution is 5.89. The maximum Gasteiger partial charge on any atom is 0.144 e. The van der Waals surface area contributed by atoms with Gasteiger partial charge in [-0.1, -0.05) is 55.5 Å². The van der Waals surface area contributed by atoms with Crippen molar-refractivity contribution in [2.24, 2.45) is 0 Å². The standard InChI is InChI=1S/C16H16O2/c1-2-14(17)16(12-8-4-3-5-9-12)13-10-6-7-11-15(13)18/h3-11,16,18H,2H2,1H3. The summed E-state index contributed by atoms with van der Waals surface area (Å²) in [5.41, 5.74) is 1.60. The fraction of sp³-hybridized carbons (Fsp3) is 0.188. The summed E-state index contributed by atoms with van der Waals surface area (Å²) in [6.07, 6.45) is 0.452. The largest absolute Gasteiger partial charge is 0.508 e. The van der Waals surface area contributed by atoms with Crippen molar-refractivity contribution in [1.29, 1.82) is 0 Å². The van der Waals surface area contributed by atoms with Crippen molar-refractivity contribution >= 4 is 5.78 Å². The third-order valence-electron chi connectivity index (χ3n) is 3.05. The van der Waals surface area contributed by atoms with Gasteiger partial charge in [-0.2, -0.15) is 0 Å². The molecule has 1 unspecified atom stereocenters. The second-order valence-corrected chi connectivity index (χ2v) is 4.22. The molecule has 0 heterocycles. The lowest BCUT2D eigenvalue weighted by atomic mass is 9.86. The fourth-order valence-electron chi connectivity index (χ4n) is 2.12. The number of rotatable bonds is 4. The van der Waals surface area contributed by atoms with Gasteiger partial charge in [0.15, 0.2) is 0 Å². The summed E-state index contributed by atoms with van der Waals surface area (Å²) >= 11 is 0. The van der Waals surface area contributed by atoms with E-state index in [-0.39, 0.29) is 17.5 Å². The van der Waals surface area contributed by atoms with Gasteiger partial charge in [0.1, 0.15) is 11.5 Å². The molecule has 0 saturated carbocycles. The van der Waals surface area contributed by atoms with Gasteiger partial charge in [-0.25, -0.2) is 0 Å². The highest BCUT2D eigenvalue weighted by Crippen LogP contribution is 2.32. The molecule has 0 aliphatic heterocycles. The van der Waals surface area contributed by atoms with Gasteiger partial charge in [0.05, 0.1) is 5.92 Å². The Kier molecular flexibility index (Phi) is 3.78. The summed E-state index contributed by atoms with van der Waals surface area (Å²) in [5.74, 6) is -0.0896. The number of ketones is 1. The minimum atomic E-state index is -0.377. The average Bonchev–Trinajstić information content (AvgIpc) is 2.42. The van der Waals surface area contributed by atoms with E-state index in [1.54, 1.807) is 18.2 Å². The number of benzene rings is 2. The van der Waals surface area contributed by atoms with E-state index >= 15 is 0 Å². The average molecular weight is 240 g/mol. The van der Waals surface area contributed by atoms with E-state index in [2.05, 4.69) is 0 Å².